The van der Waals surface area contributed by atoms with Crippen molar-refractivity contribution in [1.82, 2.24) is 24.8 Å². The van der Waals surface area contributed by atoms with Gasteiger partial charge in [-0.25, -0.2) is 15.0 Å². The molecule has 2 aromatic rings. The Balaban J connectivity index is 2.11. The number of hydrogen-bond donors (Lipinski definition) is 5. The highest BCUT2D eigenvalue weighted by Gasteiger charge is 2.56. The van der Waals surface area contributed by atoms with Crippen LogP contribution in [0.3, 0.4) is 0 Å². The van der Waals surface area contributed by atoms with Gasteiger partial charge in [-0.1, -0.05) is 0 Å². The van der Waals surface area contributed by atoms with E-state index in [1.54, 1.807) is 6.92 Å². The number of carboxylic acid groups (broad SMARTS) is 1. The van der Waals surface area contributed by atoms with E-state index < -0.39 is 36.2 Å². The lowest BCUT2D eigenvalue weighted by atomic mass is 10.1. The summed E-state index contributed by atoms with van der Waals surface area (Å²) in [6.07, 6.45) is 1.21. The number of carboxylic acids is 1. The summed E-state index contributed by atoms with van der Waals surface area (Å²) in [5, 5.41) is 33.5. The predicted molar refractivity (Wildman–Crippen MR) is 97.8 cm³/mol. The summed E-state index contributed by atoms with van der Waals surface area (Å²) < 4.78 is 7.22. The third-order valence-corrected chi connectivity index (χ3v) is 5.22. The van der Waals surface area contributed by atoms with Gasteiger partial charge in [0.25, 0.3) is 0 Å². The summed E-state index contributed by atoms with van der Waals surface area (Å²) >= 11 is 1.50. The fourth-order valence-electron chi connectivity index (χ4n) is 3.14. The number of fused-ring (bicyclic) bond motifs is 1. The molecule has 0 amide bonds. The number of aliphatic hydroxyl groups excluding tert-OH is 2. The second-order valence-corrected chi connectivity index (χ2v) is 7.30. The maximum atomic E-state index is 11.8. The molecule has 1 aliphatic rings. The van der Waals surface area contributed by atoms with Gasteiger partial charge in [0.1, 0.15) is 36.4 Å². The topological polar surface area (TPSA) is 169 Å². The molecule has 1 fully saturated rings. The molecule has 0 unspecified atom stereocenters. The Bertz CT molecular complexity index is 834. The Morgan fingerprint density at radius 3 is 2.81 bits per heavy atom. The highest BCUT2D eigenvalue weighted by atomic mass is 32.2. The molecule has 6 N–H and O–H groups in total. The second kappa shape index (κ2) is 7.56. The molecule has 148 valence electrons. The first-order valence-electron chi connectivity index (χ1n) is 8.29. The Morgan fingerprint density at radius 2 is 2.22 bits per heavy atom. The first-order valence-corrected chi connectivity index (χ1v) is 9.68. The third-order valence-electron chi connectivity index (χ3n) is 4.58. The van der Waals surface area contributed by atoms with Crippen LogP contribution < -0.4 is 11.1 Å². The van der Waals surface area contributed by atoms with E-state index in [2.05, 4.69) is 20.3 Å². The molecule has 0 aromatic carbocycles. The normalized spacial score (nSPS) is 29.3. The van der Waals surface area contributed by atoms with E-state index in [-0.39, 0.29) is 23.4 Å². The predicted octanol–water partition coefficient (Wildman–Crippen LogP) is -1.04. The number of nitrogens with one attached hydrogen (secondary N) is 1. The van der Waals surface area contributed by atoms with Crippen LogP contribution in [-0.2, 0) is 15.4 Å². The van der Waals surface area contributed by atoms with E-state index in [4.69, 9.17) is 10.5 Å². The number of nitrogens with zero attached hydrogens (tertiary/aromatic N) is 4. The van der Waals surface area contributed by atoms with Crippen LogP contribution in [0.15, 0.2) is 12.7 Å². The first kappa shape index (κ1) is 19.8. The number of hydrogen-bond acceptors (Lipinski definition) is 10. The lowest BCUT2D eigenvalue weighted by Gasteiger charge is -2.36. The molecule has 12 heteroatoms. The molecule has 3 rings (SSSR count). The van der Waals surface area contributed by atoms with E-state index >= 15 is 0 Å². The van der Waals surface area contributed by atoms with Gasteiger partial charge in [0.2, 0.25) is 5.85 Å². The van der Waals surface area contributed by atoms with E-state index in [9.17, 15) is 20.1 Å². The molecule has 2 aromatic heterocycles. The minimum atomic E-state index is -1.78. The minimum absolute atomic E-state index is 0.132. The van der Waals surface area contributed by atoms with Crippen molar-refractivity contribution in [2.24, 2.45) is 0 Å². The zero-order valence-electron chi connectivity index (χ0n) is 14.8. The number of thioether (sulfide) groups is 1. The van der Waals surface area contributed by atoms with Crippen LogP contribution in [0.4, 0.5) is 5.82 Å². The van der Waals surface area contributed by atoms with Gasteiger partial charge in [0.15, 0.2) is 11.5 Å². The van der Waals surface area contributed by atoms with Crippen molar-refractivity contribution in [3.05, 3.63) is 12.7 Å². The van der Waals surface area contributed by atoms with Crippen LogP contribution in [0.25, 0.3) is 11.2 Å². The van der Waals surface area contributed by atoms with Crippen molar-refractivity contribution in [3.63, 3.8) is 0 Å². The molecule has 1 saturated heterocycles. The summed E-state index contributed by atoms with van der Waals surface area (Å²) in [5.41, 5.74) is 6.34. The molecule has 0 bridgehead atoms. The van der Waals surface area contributed by atoms with Crippen LogP contribution in [-0.4, -0.2) is 77.2 Å². The van der Waals surface area contributed by atoms with Crippen molar-refractivity contribution in [2.45, 2.75) is 43.5 Å². The fourth-order valence-corrected chi connectivity index (χ4v) is 3.61. The smallest absolute Gasteiger partial charge is 0.320 e. The summed E-state index contributed by atoms with van der Waals surface area (Å²) in [5.74, 6) is -2.18. The molecule has 3 heterocycles. The van der Waals surface area contributed by atoms with Crippen molar-refractivity contribution < 1.29 is 24.9 Å². The highest BCUT2D eigenvalue weighted by molar-refractivity contribution is 7.98. The van der Waals surface area contributed by atoms with Crippen molar-refractivity contribution in [1.29, 1.82) is 0 Å². The number of nitrogens with two attached hydrogens (primary N) is 1. The van der Waals surface area contributed by atoms with Crippen LogP contribution >= 0.6 is 11.8 Å². The number of rotatable bonds is 7. The van der Waals surface area contributed by atoms with Gasteiger partial charge in [-0.05, 0) is 25.4 Å². The summed E-state index contributed by atoms with van der Waals surface area (Å²) in [4.78, 5) is 23.9. The third kappa shape index (κ3) is 3.34. The van der Waals surface area contributed by atoms with Crippen LogP contribution in [0.2, 0.25) is 0 Å². The standard InChI is InChI=1S/C15H22N6O5S/c1-7-10(22)11(23)15(26-7,20-8(14(24)25)3-4-27-2)21-6-19-9-12(16)17-5-18-13(9)21/h5-8,10-11,20,22-23H,3-4H2,1-2H3,(H,24,25)(H2,16,17,18)/t7-,8+,10-,11-,15-/m1/s1. The lowest BCUT2D eigenvalue weighted by Crippen LogP contribution is -2.61. The van der Waals surface area contributed by atoms with Gasteiger partial charge in [0, 0.05) is 0 Å². The molecule has 11 nitrogen and oxygen atoms in total. The number of imidazole rings is 1. The number of aliphatic hydroxyl groups is 2. The maximum Gasteiger partial charge on any atom is 0.320 e. The molecule has 0 radical (unpaired) electrons. The van der Waals surface area contributed by atoms with Gasteiger partial charge in [-0.3, -0.25) is 14.7 Å². The molecule has 0 aliphatic carbocycles. The number of ether oxygens (including phenoxy) is 1. The molecule has 0 spiro atoms. The summed E-state index contributed by atoms with van der Waals surface area (Å²) in [6.45, 7) is 1.58. The molecule has 1 aliphatic heterocycles. The largest absolute Gasteiger partial charge is 0.480 e. The van der Waals surface area contributed by atoms with Crippen LogP contribution in [0, 0.1) is 0 Å². The molecular formula is C15H22N6O5S. The minimum Gasteiger partial charge on any atom is -0.480 e. The van der Waals surface area contributed by atoms with Crippen LogP contribution in [0.1, 0.15) is 13.3 Å². The first-order chi connectivity index (χ1) is 12.8. The van der Waals surface area contributed by atoms with Crippen molar-refractivity contribution >= 4 is 34.7 Å². The summed E-state index contributed by atoms with van der Waals surface area (Å²) in [7, 11) is 0. The Morgan fingerprint density at radius 1 is 1.48 bits per heavy atom. The second-order valence-electron chi connectivity index (χ2n) is 6.32. The van der Waals surface area contributed by atoms with E-state index in [0.29, 0.717) is 5.75 Å². The number of aromatic nitrogens is 4. The van der Waals surface area contributed by atoms with E-state index in [0.717, 1.165) is 0 Å². The zero-order chi connectivity index (χ0) is 19.8. The SMILES string of the molecule is CSCC[C@H](N[C@]1(n2cnc3c(N)ncnc32)O[C@H](C)[C@@H](O)[C@H]1O)C(=O)O. The van der Waals surface area contributed by atoms with E-state index in [1.807, 2.05) is 6.26 Å². The average Bonchev–Trinajstić information content (AvgIpc) is 3.16. The van der Waals surface area contributed by atoms with Gasteiger partial charge >= 0.3 is 5.97 Å². The van der Waals surface area contributed by atoms with Gasteiger partial charge in [-0.15, -0.1) is 0 Å². The number of carbonyl (C=O) groups is 1. The molecular weight excluding hydrogens is 376 g/mol. The van der Waals surface area contributed by atoms with Gasteiger partial charge in [0.05, 0.1) is 6.10 Å². The fraction of sp³-hybridized carbons (Fsp3) is 0.600. The maximum absolute atomic E-state index is 11.8. The number of anilines is 1. The zero-order valence-corrected chi connectivity index (χ0v) is 15.6. The van der Waals surface area contributed by atoms with Crippen molar-refractivity contribution in [3.8, 4) is 0 Å². The molecule has 5 atom stereocenters. The Kier molecular flexibility index (Phi) is 5.53. The number of nitrogen functional groups attached to an aromatic ring is 1. The Labute approximate surface area is 159 Å². The average molecular weight is 398 g/mol. The van der Waals surface area contributed by atoms with Crippen molar-refractivity contribution in [2.75, 3.05) is 17.7 Å². The quantitative estimate of drug-likeness (QED) is 0.386. The Hall–Kier alpha value is -1.99. The molecule has 27 heavy (non-hydrogen) atoms. The number of aliphatic carboxylic acids is 1. The monoisotopic (exact) mass is 398 g/mol. The molecule has 0 saturated carbocycles. The van der Waals surface area contributed by atoms with Gasteiger partial charge in [-0.2, -0.15) is 11.8 Å². The highest BCUT2D eigenvalue weighted by Crippen LogP contribution is 2.36. The summed E-state index contributed by atoms with van der Waals surface area (Å²) in [6, 6.07) is -1.04. The van der Waals surface area contributed by atoms with E-state index in [1.165, 1.54) is 29.0 Å². The van der Waals surface area contributed by atoms with Crippen LogP contribution in [0.5, 0.6) is 0 Å². The van der Waals surface area contributed by atoms with Gasteiger partial charge < -0.3 is 25.8 Å². The lowest BCUT2D eigenvalue weighted by molar-refractivity contribution is -0.174.